The summed E-state index contributed by atoms with van der Waals surface area (Å²) in [5.41, 5.74) is 1.03. The van der Waals surface area contributed by atoms with E-state index < -0.39 is 17.9 Å². The third-order valence-corrected chi connectivity index (χ3v) is 4.19. The summed E-state index contributed by atoms with van der Waals surface area (Å²) >= 11 is 12.1. The highest BCUT2D eigenvalue weighted by atomic mass is 35.5. The predicted molar refractivity (Wildman–Crippen MR) is 96.4 cm³/mol. The average molecular weight is 382 g/mol. The summed E-state index contributed by atoms with van der Waals surface area (Å²) in [5, 5.41) is 3.37. The summed E-state index contributed by atoms with van der Waals surface area (Å²) in [6.07, 6.45) is 0.215. The van der Waals surface area contributed by atoms with Gasteiger partial charge in [0.2, 0.25) is 0 Å². The van der Waals surface area contributed by atoms with Crippen LogP contribution in [0.5, 0.6) is 5.75 Å². The maximum Gasteiger partial charge on any atom is 0.328 e. The number of rotatable bonds is 6. The highest BCUT2D eigenvalue weighted by molar-refractivity contribution is 6.33. The van der Waals surface area contributed by atoms with Crippen LogP contribution >= 0.6 is 23.2 Å². The normalized spacial score (nSPS) is 11.5. The van der Waals surface area contributed by atoms with Crippen LogP contribution in [0.15, 0.2) is 42.5 Å². The molecule has 0 heterocycles. The van der Waals surface area contributed by atoms with Gasteiger partial charge in [-0.3, -0.25) is 4.79 Å². The van der Waals surface area contributed by atoms with Gasteiger partial charge in [0, 0.05) is 6.42 Å². The summed E-state index contributed by atoms with van der Waals surface area (Å²) in [6.45, 7) is 0. The lowest BCUT2D eigenvalue weighted by Crippen LogP contribution is -2.43. The second kappa shape index (κ2) is 8.74. The van der Waals surface area contributed by atoms with Crippen molar-refractivity contribution in [1.29, 1.82) is 0 Å². The molecule has 0 aliphatic heterocycles. The van der Waals surface area contributed by atoms with Gasteiger partial charge in [0.15, 0.2) is 0 Å². The number of halogens is 2. The van der Waals surface area contributed by atoms with Gasteiger partial charge in [-0.05, 0) is 29.8 Å². The van der Waals surface area contributed by atoms with Crippen molar-refractivity contribution < 1.29 is 19.1 Å². The molecule has 7 heteroatoms. The summed E-state index contributed by atoms with van der Waals surface area (Å²) < 4.78 is 9.88. The van der Waals surface area contributed by atoms with Crippen LogP contribution in [0, 0.1) is 0 Å². The van der Waals surface area contributed by atoms with E-state index in [1.807, 2.05) is 0 Å². The number of amides is 1. The number of esters is 1. The highest BCUT2D eigenvalue weighted by Gasteiger charge is 2.23. The molecule has 1 amide bonds. The van der Waals surface area contributed by atoms with Crippen LogP contribution in [0.4, 0.5) is 0 Å². The van der Waals surface area contributed by atoms with Crippen LogP contribution in [0.2, 0.25) is 10.0 Å². The molecular formula is C18H17Cl2NO4. The third-order valence-electron chi connectivity index (χ3n) is 3.57. The number of ether oxygens (including phenoxy) is 2. The third kappa shape index (κ3) is 4.87. The first kappa shape index (κ1) is 19.1. The van der Waals surface area contributed by atoms with Gasteiger partial charge in [0.05, 0.1) is 29.8 Å². The molecule has 2 aromatic rings. The zero-order valence-electron chi connectivity index (χ0n) is 13.7. The molecule has 0 saturated heterocycles. The van der Waals surface area contributed by atoms with E-state index in [0.29, 0.717) is 15.8 Å². The van der Waals surface area contributed by atoms with E-state index >= 15 is 0 Å². The Morgan fingerprint density at radius 1 is 1.08 bits per heavy atom. The van der Waals surface area contributed by atoms with Crippen LogP contribution in [0.25, 0.3) is 0 Å². The molecule has 1 N–H and O–H groups in total. The van der Waals surface area contributed by atoms with Gasteiger partial charge in [-0.25, -0.2) is 4.79 Å². The number of hydrogen-bond acceptors (Lipinski definition) is 4. The molecular weight excluding hydrogens is 365 g/mol. The van der Waals surface area contributed by atoms with Crippen molar-refractivity contribution >= 4 is 35.1 Å². The minimum absolute atomic E-state index is 0.215. The van der Waals surface area contributed by atoms with Crippen molar-refractivity contribution in [3.63, 3.8) is 0 Å². The van der Waals surface area contributed by atoms with Gasteiger partial charge in [-0.15, -0.1) is 0 Å². The quantitative estimate of drug-likeness (QED) is 0.777. The molecule has 25 heavy (non-hydrogen) atoms. The summed E-state index contributed by atoms with van der Waals surface area (Å²) in [4.78, 5) is 24.5. The Balaban J connectivity index is 2.19. The van der Waals surface area contributed by atoms with Crippen LogP contribution < -0.4 is 10.1 Å². The largest absolute Gasteiger partial charge is 0.495 e. The fourth-order valence-corrected chi connectivity index (χ4v) is 2.79. The highest BCUT2D eigenvalue weighted by Crippen LogP contribution is 2.25. The summed E-state index contributed by atoms with van der Waals surface area (Å²) in [5.74, 6) is -0.493. The first-order valence-corrected chi connectivity index (χ1v) is 8.17. The fourth-order valence-electron chi connectivity index (χ4n) is 2.29. The molecule has 2 rings (SSSR count). The van der Waals surface area contributed by atoms with Crippen LogP contribution in [-0.2, 0) is 16.0 Å². The molecule has 0 aliphatic carbocycles. The number of hydrogen-bond donors (Lipinski definition) is 1. The van der Waals surface area contributed by atoms with Gasteiger partial charge in [0.1, 0.15) is 11.8 Å². The van der Waals surface area contributed by atoms with Crippen molar-refractivity contribution in [2.24, 2.45) is 0 Å². The van der Waals surface area contributed by atoms with E-state index in [1.54, 1.807) is 42.5 Å². The molecule has 0 aromatic heterocycles. The molecule has 0 spiro atoms. The van der Waals surface area contributed by atoms with Gasteiger partial charge < -0.3 is 14.8 Å². The van der Waals surface area contributed by atoms with Crippen LogP contribution in [0.3, 0.4) is 0 Å². The minimum atomic E-state index is -0.877. The molecule has 0 aliphatic rings. The number of nitrogens with one attached hydrogen (secondary N) is 1. The standard InChI is InChI=1S/C18H17Cl2NO4/c1-24-16-8-7-11(9-14(16)20)10-15(18(23)25-2)21-17(22)12-5-3-4-6-13(12)19/h3-9,15H,10H2,1-2H3,(H,21,22)/t15-/m1/s1. The van der Waals surface area contributed by atoms with Crippen LogP contribution in [0.1, 0.15) is 15.9 Å². The Labute approximate surface area is 155 Å². The Hall–Kier alpha value is -2.24. The minimum Gasteiger partial charge on any atom is -0.495 e. The van der Waals surface area contributed by atoms with Crippen molar-refractivity contribution in [3.8, 4) is 5.75 Å². The monoisotopic (exact) mass is 381 g/mol. The predicted octanol–water partition coefficient (Wildman–Crippen LogP) is 3.52. The summed E-state index contributed by atoms with van der Waals surface area (Å²) in [6, 6.07) is 10.9. The van der Waals surface area contributed by atoms with Crippen molar-refractivity contribution in [3.05, 3.63) is 63.6 Å². The van der Waals surface area contributed by atoms with E-state index in [1.165, 1.54) is 14.2 Å². The van der Waals surface area contributed by atoms with Crippen molar-refractivity contribution in [2.45, 2.75) is 12.5 Å². The molecule has 0 fully saturated rings. The van der Waals surface area contributed by atoms with Crippen molar-refractivity contribution in [1.82, 2.24) is 5.32 Å². The number of benzene rings is 2. The molecule has 5 nitrogen and oxygen atoms in total. The second-order valence-electron chi connectivity index (χ2n) is 5.20. The van der Waals surface area contributed by atoms with Gasteiger partial charge in [-0.2, -0.15) is 0 Å². The van der Waals surface area contributed by atoms with E-state index in [4.69, 9.17) is 32.7 Å². The number of methoxy groups -OCH3 is 2. The second-order valence-corrected chi connectivity index (χ2v) is 6.02. The zero-order chi connectivity index (χ0) is 18.4. The van der Waals surface area contributed by atoms with E-state index in [-0.39, 0.29) is 12.0 Å². The Morgan fingerprint density at radius 2 is 1.80 bits per heavy atom. The maximum absolute atomic E-state index is 12.4. The molecule has 1 atom stereocenters. The molecule has 2 aromatic carbocycles. The van der Waals surface area contributed by atoms with E-state index in [0.717, 1.165) is 5.56 Å². The lowest BCUT2D eigenvalue weighted by molar-refractivity contribution is -0.142. The summed E-state index contributed by atoms with van der Waals surface area (Å²) in [7, 11) is 2.78. The molecule has 0 bridgehead atoms. The van der Waals surface area contributed by atoms with E-state index in [2.05, 4.69) is 5.32 Å². The topological polar surface area (TPSA) is 64.6 Å². The molecule has 132 valence electrons. The Morgan fingerprint density at radius 3 is 2.40 bits per heavy atom. The van der Waals surface area contributed by atoms with Gasteiger partial charge in [-0.1, -0.05) is 41.4 Å². The first-order chi connectivity index (χ1) is 12.0. The molecule has 0 unspecified atom stereocenters. The number of carbonyl (C=O) groups excluding carboxylic acids is 2. The van der Waals surface area contributed by atoms with E-state index in [9.17, 15) is 9.59 Å². The number of carbonyl (C=O) groups is 2. The van der Waals surface area contributed by atoms with Crippen LogP contribution in [-0.4, -0.2) is 32.1 Å². The molecule has 0 saturated carbocycles. The SMILES string of the molecule is COC(=O)[C@@H](Cc1ccc(OC)c(Cl)c1)NC(=O)c1ccccc1Cl. The average Bonchev–Trinajstić information content (AvgIpc) is 2.61. The maximum atomic E-state index is 12.4. The Bertz CT molecular complexity index is 779. The fraction of sp³-hybridized carbons (Fsp3) is 0.222. The first-order valence-electron chi connectivity index (χ1n) is 7.42. The smallest absolute Gasteiger partial charge is 0.328 e. The van der Waals surface area contributed by atoms with Gasteiger partial charge >= 0.3 is 5.97 Å². The van der Waals surface area contributed by atoms with Gasteiger partial charge in [0.25, 0.3) is 5.91 Å². The molecule has 0 radical (unpaired) electrons. The lowest BCUT2D eigenvalue weighted by atomic mass is 10.0. The Kier molecular flexibility index (Phi) is 6.67. The lowest BCUT2D eigenvalue weighted by Gasteiger charge is -2.17. The zero-order valence-corrected chi connectivity index (χ0v) is 15.2. The van der Waals surface area contributed by atoms with Crippen molar-refractivity contribution in [2.75, 3.05) is 14.2 Å².